The number of fused-ring (bicyclic) bond motifs is 3. The van der Waals surface area contributed by atoms with Crippen LogP contribution in [0.2, 0.25) is 0 Å². The molecule has 22 heavy (non-hydrogen) atoms. The average Bonchev–Trinajstić information content (AvgIpc) is 3.03. The van der Waals surface area contributed by atoms with Crippen molar-refractivity contribution in [2.24, 2.45) is 0 Å². The number of rotatable bonds is 5. The van der Waals surface area contributed by atoms with Crippen LogP contribution in [-0.4, -0.2) is 31.8 Å². The Hall–Kier alpha value is -1.60. The van der Waals surface area contributed by atoms with Crippen molar-refractivity contribution in [3.05, 3.63) is 24.3 Å². The molecule has 2 aromatic heterocycles. The lowest BCUT2D eigenvalue weighted by Gasteiger charge is -2.24. The zero-order chi connectivity index (χ0) is 15.7. The fraction of sp³-hybridized carbons (Fsp3) is 0.400. The van der Waals surface area contributed by atoms with Crippen molar-refractivity contribution in [1.29, 1.82) is 0 Å². The molecule has 0 atom stereocenters. The quantitative estimate of drug-likeness (QED) is 0.727. The van der Waals surface area contributed by atoms with Crippen molar-refractivity contribution >= 4 is 44.2 Å². The molecular formula is C15H18N4OS2. The summed E-state index contributed by atoms with van der Waals surface area (Å²) in [6, 6.07) is 8.13. The molecule has 0 aliphatic rings. The zero-order valence-corrected chi connectivity index (χ0v) is 14.4. The molecule has 0 bridgehead atoms. The van der Waals surface area contributed by atoms with E-state index in [2.05, 4.69) is 28.5 Å². The first-order valence-corrected chi connectivity index (χ1v) is 8.97. The minimum absolute atomic E-state index is 0.0214. The van der Waals surface area contributed by atoms with E-state index < -0.39 is 0 Å². The van der Waals surface area contributed by atoms with Crippen molar-refractivity contribution in [3.8, 4) is 0 Å². The first-order valence-electron chi connectivity index (χ1n) is 7.16. The summed E-state index contributed by atoms with van der Waals surface area (Å²) in [5.74, 6) is 0.363. The lowest BCUT2D eigenvalue weighted by molar-refractivity contribution is -0.120. The third-order valence-corrected chi connectivity index (χ3v) is 5.55. The van der Waals surface area contributed by atoms with Gasteiger partial charge in [0.1, 0.15) is 0 Å². The van der Waals surface area contributed by atoms with Crippen molar-refractivity contribution < 1.29 is 4.79 Å². The Morgan fingerprint density at radius 1 is 1.36 bits per heavy atom. The van der Waals surface area contributed by atoms with Gasteiger partial charge in [0.25, 0.3) is 0 Å². The minimum Gasteiger partial charge on any atom is -0.351 e. The monoisotopic (exact) mass is 334 g/mol. The highest BCUT2D eigenvalue weighted by atomic mass is 32.2. The molecule has 2 heterocycles. The summed E-state index contributed by atoms with van der Waals surface area (Å²) in [4.78, 5) is 12.9. The summed E-state index contributed by atoms with van der Waals surface area (Å²) >= 11 is 3.03. The summed E-state index contributed by atoms with van der Waals surface area (Å²) in [6.07, 6.45) is 0.897. The number of nitrogens with zero attached hydrogens (tertiary/aromatic N) is 3. The number of nitrogens with one attached hydrogen (secondary N) is 1. The molecule has 116 valence electrons. The highest BCUT2D eigenvalue weighted by Crippen LogP contribution is 2.29. The largest absolute Gasteiger partial charge is 0.351 e. The van der Waals surface area contributed by atoms with E-state index in [1.807, 2.05) is 36.4 Å². The Morgan fingerprint density at radius 3 is 2.91 bits per heavy atom. The zero-order valence-electron chi connectivity index (χ0n) is 12.8. The molecular weight excluding hydrogens is 316 g/mol. The molecule has 3 aromatic rings. The first-order chi connectivity index (χ1) is 10.5. The predicted octanol–water partition coefficient (Wildman–Crippen LogP) is 3.34. The second-order valence-corrected chi connectivity index (χ2v) is 7.70. The molecule has 0 aliphatic carbocycles. The number of amides is 1. The second kappa shape index (κ2) is 5.89. The van der Waals surface area contributed by atoms with Gasteiger partial charge in [-0.2, -0.15) is 0 Å². The maximum absolute atomic E-state index is 12.1. The number of hydrogen-bond acceptors (Lipinski definition) is 5. The molecule has 0 spiro atoms. The summed E-state index contributed by atoms with van der Waals surface area (Å²) in [6.45, 7) is 6.11. The number of carbonyl (C=O) groups excluding carboxylic acids is 1. The molecule has 0 saturated heterocycles. The van der Waals surface area contributed by atoms with E-state index in [0.29, 0.717) is 5.75 Å². The van der Waals surface area contributed by atoms with Crippen LogP contribution in [0.3, 0.4) is 0 Å². The molecule has 5 nitrogen and oxygen atoms in total. The second-order valence-electron chi connectivity index (χ2n) is 5.74. The summed E-state index contributed by atoms with van der Waals surface area (Å²) in [5.41, 5.74) is 0.914. The smallest absolute Gasteiger partial charge is 0.230 e. The number of thiazole rings is 1. The number of benzene rings is 1. The maximum atomic E-state index is 12.1. The van der Waals surface area contributed by atoms with Gasteiger partial charge in [-0.25, -0.2) is 0 Å². The summed E-state index contributed by atoms with van der Waals surface area (Å²) in [7, 11) is 0. The van der Waals surface area contributed by atoms with E-state index in [4.69, 9.17) is 0 Å². The van der Waals surface area contributed by atoms with Crippen molar-refractivity contribution in [1.82, 2.24) is 19.9 Å². The van der Waals surface area contributed by atoms with Gasteiger partial charge < -0.3 is 5.32 Å². The van der Waals surface area contributed by atoms with Crippen LogP contribution in [0.1, 0.15) is 27.2 Å². The van der Waals surface area contributed by atoms with E-state index in [1.54, 1.807) is 11.3 Å². The van der Waals surface area contributed by atoms with Gasteiger partial charge in [-0.15, -0.1) is 10.2 Å². The Balaban J connectivity index is 1.78. The molecule has 0 aliphatic heterocycles. The van der Waals surface area contributed by atoms with Crippen LogP contribution in [0, 0.1) is 0 Å². The van der Waals surface area contributed by atoms with Gasteiger partial charge in [-0.1, -0.05) is 42.2 Å². The summed E-state index contributed by atoms with van der Waals surface area (Å²) < 4.78 is 3.19. The van der Waals surface area contributed by atoms with Gasteiger partial charge in [0.2, 0.25) is 10.9 Å². The van der Waals surface area contributed by atoms with Crippen LogP contribution in [0.4, 0.5) is 0 Å². The highest BCUT2D eigenvalue weighted by molar-refractivity contribution is 7.99. The third-order valence-electron chi connectivity index (χ3n) is 3.61. The Morgan fingerprint density at radius 2 is 2.14 bits per heavy atom. The molecule has 0 fully saturated rings. The van der Waals surface area contributed by atoms with Crippen LogP contribution in [-0.2, 0) is 4.79 Å². The van der Waals surface area contributed by atoms with Gasteiger partial charge in [0.05, 0.1) is 16.0 Å². The molecule has 7 heteroatoms. The van der Waals surface area contributed by atoms with Gasteiger partial charge in [0.15, 0.2) is 5.16 Å². The molecule has 1 N–H and O–H groups in total. The SMILES string of the molecule is CCC(C)(C)NC(=O)CSc1nnc2sc3ccccc3n12. The van der Waals surface area contributed by atoms with Crippen LogP contribution in [0.15, 0.2) is 29.4 Å². The van der Waals surface area contributed by atoms with Crippen molar-refractivity contribution in [2.75, 3.05) is 5.75 Å². The Bertz CT molecular complexity index is 821. The third kappa shape index (κ3) is 2.96. The normalized spacial score (nSPS) is 12.1. The molecule has 0 radical (unpaired) electrons. The highest BCUT2D eigenvalue weighted by Gasteiger charge is 2.19. The molecule has 0 unspecified atom stereocenters. The Labute approximate surface area is 137 Å². The lowest BCUT2D eigenvalue weighted by Crippen LogP contribution is -2.43. The molecule has 0 saturated carbocycles. The minimum atomic E-state index is -0.174. The number of carbonyl (C=O) groups is 1. The first kappa shape index (κ1) is 15.3. The number of aromatic nitrogens is 3. The van der Waals surface area contributed by atoms with Crippen LogP contribution in [0.25, 0.3) is 15.2 Å². The van der Waals surface area contributed by atoms with E-state index in [-0.39, 0.29) is 11.4 Å². The van der Waals surface area contributed by atoms with Gasteiger partial charge in [0, 0.05) is 5.54 Å². The topological polar surface area (TPSA) is 59.3 Å². The van der Waals surface area contributed by atoms with E-state index in [1.165, 1.54) is 16.5 Å². The average molecular weight is 334 g/mol. The number of hydrogen-bond donors (Lipinski definition) is 1. The Kier molecular flexibility index (Phi) is 4.10. The number of thioether (sulfide) groups is 1. The lowest BCUT2D eigenvalue weighted by atomic mass is 10.0. The van der Waals surface area contributed by atoms with E-state index in [9.17, 15) is 4.79 Å². The van der Waals surface area contributed by atoms with Crippen molar-refractivity contribution in [2.45, 2.75) is 37.9 Å². The number of para-hydroxylation sites is 1. The predicted molar refractivity (Wildman–Crippen MR) is 91.6 cm³/mol. The van der Waals surface area contributed by atoms with E-state index in [0.717, 1.165) is 22.1 Å². The van der Waals surface area contributed by atoms with Crippen molar-refractivity contribution in [3.63, 3.8) is 0 Å². The summed E-state index contributed by atoms with van der Waals surface area (Å²) in [5, 5.41) is 12.2. The van der Waals surface area contributed by atoms with Crippen LogP contribution >= 0.6 is 23.1 Å². The fourth-order valence-corrected chi connectivity index (χ4v) is 3.85. The van der Waals surface area contributed by atoms with Gasteiger partial charge >= 0.3 is 0 Å². The van der Waals surface area contributed by atoms with E-state index >= 15 is 0 Å². The molecule has 1 aromatic carbocycles. The van der Waals surface area contributed by atoms with Gasteiger partial charge in [-0.3, -0.25) is 9.20 Å². The van der Waals surface area contributed by atoms with Gasteiger partial charge in [-0.05, 0) is 32.4 Å². The fourth-order valence-electron chi connectivity index (χ4n) is 2.08. The molecule has 1 amide bonds. The standard InChI is InChI=1S/C15H18N4OS2/c1-4-15(2,3)16-12(20)9-21-13-17-18-14-19(13)10-7-5-6-8-11(10)22-14/h5-8H,4,9H2,1-3H3,(H,16,20). The van der Waals surface area contributed by atoms with Crippen LogP contribution < -0.4 is 5.32 Å². The maximum Gasteiger partial charge on any atom is 0.230 e. The molecule has 3 rings (SSSR count). The van der Waals surface area contributed by atoms with Crippen LogP contribution in [0.5, 0.6) is 0 Å².